The average molecular weight is 341 g/mol. The summed E-state index contributed by atoms with van der Waals surface area (Å²) in [4.78, 5) is 16.6. The van der Waals surface area contributed by atoms with Crippen LogP contribution in [0.15, 0.2) is 65.7 Å². The van der Waals surface area contributed by atoms with Gasteiger partial charge in [-0.15, -0.1) is 11.8 Å². The van der Waals surface area contributed by atoms with Crippen molar-refractivity contribution < 1.29 is 4.79 Å². The lowest BCUT2D eigenvalue weighted by atomic mass is 10.3. The summed E-state index contributed by atoms with van der Waals surface area (Å²) in [5.74, 6) is -0.209. The first-order valence-electron chi connectivity index (χ1n) is 7.00. The summed E-state index contributed by atoms with van der Waals surface area (Å²) in [6.45, 7) is 0. The van der Waals surface area contributed by atoms with Gasteiger partial charge in [0.2, 0.25) is 0 Å². The van der Waals surface area contributed by atoms with E-state index in [9.17, 15) is 4.79 Å². The molecule has 4 nitrogen and oxygen atoms in total. The molecule has 23 heavy (non-hydrogen) atoms. The number of thioether (sulfide) groups is 1. The quantitative estimate of drug-likeness (QED) is 0.542. The van der Waals surface area contributed by atoms with Crippen LogP contribution in [0.5, 0.6) is 0 Å². The first-order valence-corrected chi connectivity index (χ1v) is 8.63. The normalized spacial score (nSPS) is 10.5. The maximum atomic E-state index is 12.6. The summed E-state index contributed by atoms with van der Waals surface area (Å²) in [5, 5.41) is 2.92. The molecule has 0 fully saturated rings. The number of amides is 1. The van der Waals surface area contributed by atoms with E-state index in [1.807, 2.05) is 60.9 Å². The highest BCUT2D eigenvalue weighted by Gasteiger charge is 2.14. The van der Waals surface area contributed by atoms with Crippen LogP contribution in [0.4, 0.5) is 5.69 Å². The molecule has 0 aliphatic carbocycles. The topological polar surface area (TPSA) is 49.8 Å². The molecule has 0 atom stereocenters. The van der Waals surface area contributed by atoms with Gasteiger partial charge in [-0.1, -0.05) is 24.3 Å². The van der Waals surface area contributed by atoms with E-state index in [4.69, 9.17) is 12.2 Å². The Morgan fingerprint density at radius 2 is 1.96 bits per heavy atom. The Kier molecular flexibility index (Phi) is 4.64. The lowest BCUT2D eigenvalue weighted by molar-refractivity contribution is 0.102. The predicted octanol–water partition coefficient (Wildman–Crippen LogP) is 4.51. The third-order valence-electron chi connectivity index (χ3n) is 3.35. The molecule has 0 saturated heterocycles. The fourth-order valence-electron chi connectivity index (χ4n) is 2.27. The zero-order valence-corrected chi connectivity index (χ0v) is 14.1. The molecule has 0 radical (unpaired) electrons. The lowest BCUT2D eigenvalue weighted by Crippen LogP contribution is -2.16. The zero-order valence-electron chi connectivity index (χ0n) is 12.4. The predicted molar refractivity (Wildman–Crippen MR) is 97.1 cm³/mol. The Hall–Kier alpha value is -2.31. The molecule has 2 N–H and O–H groups in total. The van der Waals surface area contributed by atoms with E-state index in [0.717, 1.165) is 16.3 Å². The third kappa shape index (κ3) is 3.38. The van der Waals surface area contributed by atoms with E-state index >= 15 is 0 Å². The first kappa shape index (κ1) is 15.6. The van der Waals surface area contributed by atoms with Crippen molar-refractivity contribution in [3.63, 3.8) is 0 Å². The van der Waals surface area contributed by atoms with Gasteiger partial charge in [0.15, 0.2) is 4.77 Å². The number of carbonyl (C=O) groups is 1. The second-order valence-electron chi connectivity index (χ2n) is 4.84. The minimum Gasteiger partial charge on any atom is -0.336 e. The molecular weight excluding hydrogens is 326 g/mol. The highest BCUT2D eigenvalue weighted by atomic mass is 32.2. The van der Waals surface area contributed by atoms with Gasteiger partial charge in [0, 0.05) is 22.5 Å². The van der Waals surface area contributed by atoms with E-state index in [2.05, 4.69) is 10.3 Å². The standard InChI is InChI=1S/C17H15N3OS2/c1-23-14-9-5-6-12(10-14)19-16(21)15-11-18-17(22)20(15)13-7-3-2-4-8-13/h2-11H,1H3,(H,18,22)(H,19,21). The Bertz CT molecular complexity index is 884. The Labute approximate surface area is 143 Å². The number of nitrogens with one attached hydrogen (secondary N) is 2. The van der Waals surface area contributed by atoms with Gasteiger partial charge in [-0.3, -0.25) is 9.36 Å². The number of carbonyl (C=O) groups excluding carboxylic acids is 1. The summed E-state index contributed by atoms with van der Waals surface area (Å²) in [7, 11) is 0. The minimum absolute atomic E-state index is 0.209. The van der Waals surface area contributed by atoms with Crippen molar-refractivity contribution in [2.45, 2.75) is 4.90 Å². The van der Waals surface area contributed by atoms with E-state index in [0.29, 0.717) is 10.5 Å². The smallest absolute Gasteiger partial charge is 0.274 e. The molecule has 116 valence electrons. The number of para-hydroxylation sites is 1. The Morgan fingerprint density at radius 3 is 2.70 bits per heavy atom. The van der Waals surface area contributed by atoms with Gasteiger partial charge in [-0.25, -0.2) is 0 Å². The molecule has 0 aliphatic rings. The average Bonchev–Trinajstić information content (AvgIpc) is 2.97. The summed E-state index contributed by atoms with van der Waals surface area (Å²) in [6.07, 6.45) is 3.63. The molecule has 3 rings (SSSR count). The van der Waals surface area contributed by atoms with Gasteiger partial charge in [0.1, 0.15) is 5.69 Å². The van der Waals surface area contributed by atoms with Crippen LogP contribution in [0.2, 0.25) is 0 Å². The van der Waals surface area contributed by atoms with E-state index in [1.165, 1.54) is 0 Å². The fourth-order valence-corrected chi connectivity index (χ4v) is 2.99. The third-order valence-corrected chi connectivity index (χ3v) is 4.38. The van der Waals surface area contributed by atoms with Crippen LogP contribution in [0.1, 0.15) is 10.5 Å². The van der Waals surface area contributed by atoms with Crippen molar-refractivity contribution in [2.75, 3.05) is 11.6 Å². The van der Waals surface area contributed by atoms with Crippen molar-refractivity contribution in [2.24, 2.45) is 0 Å². The van der Waals surface area contributed by atoms with Crippen LogP contribution in [0.3, 0.4) is 0 Å². The molecule has 0 saturated carbocycles. The molecule has 0 bridgehead atoms. The second-order valence-corrected chi connectivity index (χ2v) is 6.10. The molecule has 6 heteroatoms. The number of hydrogen-bond acceptors (Lipinski definition) is 3. The highest BCUT2D eigenvalue weighted by molar-refractivity contribution is 7.98. The summed E-state index contributed by atoms with van der Waals surface area (Å²) in [5.41, 5.74) is 2.08. The fraction of sp³-hybridized carbons (Fsp3) is 0.0588. The number of anilines is 1. The molecule has 0 aliphatic heterocycles. The number of aromatic amines is 1. The molecule has 2 aromatic carbocycles. The monoisotopic (exact) mass is 341 g/mol. The molecule has 1 heterocycles. The Morgan fingerprint density at radius 1 is 1.17 bits per heavy atom. The number of rotatable bonds is 4. The number of aromatic nitrogens is 2. The number of hydrogen-bond donors (Lipinski definition) is 2. The number of nitrogens with zero attached hydrogens (tertiary/aromatic N) is 1. The Balaban J connectivity index is 1.93. The van der Waals surface area contributed by atoms with Crippen molar-refractivity contribution in [1.29, 1.82) is 0 Å². The van der Waals surface area contributed by atoms with Crippen LogP contribution in [0.25, 0.3) is 5.69 Å². The SMILES string of the molecule is CSc1cccc(NC(=O)c2c[nH]c(=S)n2-c2ccccc2)c1. The number of H-pyrrole nitrogens is 1. The summed E-state index contributed by atoms with van der Waals surface area (Å²) < 4.78 is 2.21. The maximum absolute atomic E-state index is 12.6. The van der Waals surface area contributed by atoms with Gasteiger partial charge in [-0.05, 0) is 48.8 Å². The molecule has 3 aromatic rings. The van der Waals surface area contributed by atoms with Crippen LogP contribution < -0.4 is 5.32 Å². The number of imidazole rings is 1. The van der Waals surface area contributed by atoms with Crippen LogP contribution >= 0.6 is 24.0 Å². The van der Waals surface area contributed by atoms with Gasteiger partial charge in [0.25, 0.3) is 5.91 Å². The van der Waals surface area contributed by atoms with Gasteiger partial charge >= 0.3 is 0 Å². The molecule has 0 unspecified atom stereocenters. The summed E-state index contributed by atoms with van der Waals surface area (Å²) in [6, 6.07) is 17.3. The van der Waals surface area contributed by atoms with Crippen LogP contribution in [-0.2, 0) is 0 Å². The van der Waals surface area contributed by atoms with E-state index < -0.39 is 0 Å². The first-order chi connectivity index (χ1) is 11.2. The zero-order chi connectivity index (χ0) is 16.2. The van der Waals surface area contributed by atoms with Crippen molar-refractivity contribution in [3.8, 4) is 5.69 Å². The van der Waals surface area contributed by atoms with Crippen molar-refractivity contribution >= 4 is 35.6 Å². The van der Waals surface area contributed by atoms with E-state index in [1.54, 1.807) is 22.5 Å². The molecule has 1 aromatic heterocycles. The largest absolute Gasteiger partial charge is 0.336 e. The maximum Gasteiger partial charge on any atom is 0.274 e. The molecular formula is C17H15N3OS2. The lowest BCUT2D eigenvalue weighted by Gasteiger charge is -2.09. The van der Waals surface area contributed by atoms with Gasteiger partial charge in [-0.2, -0.15) is 0 Å². The second kappa shape index (κ2) is 6.85. The van der Waals surface area contributed by atoms with Crippen LogP contribution in [0, 0.1) is 4.77 Å². The number of benzene rings is 2. The summed E-state index contributed by atoms with van der Waals surface area (Å²) >= 11 is 6.93. The van der Waals surface area contributed by atoms with Crippen molar-refractivity contribution in [3.05, 3.63) is 71.3 Å². The van der Waals surface area contributed by atoms with E-state index in [-0.39, 0.29) is 5.91 Å². The van der Waals surface area contributed by atoms with Gasteiger partial charge < -0.3 is 10.3 Å². The van der Waals surface area contributed by atoms with Crippen molar-refractivity contribution in [1.82, 2.24) is 9.55 Å². The van der Waals surface area contributed by atoms with Gasteiger partial charge in [0.05, 0.1) is 0 Å². The molecule has 1 amide bonds. The van der Waals surface area contributed by atoms with Crippen LogP contribution in [-0.4, -0.2) is 21.7 Å². The minimum atomic E-state index is -0.209. The highest BCUT2D eigenvalue weighted by Crippen LogP contribution is 2.20. The molecule has 0 spiro atoms.